The zero-order valence-electron chi connectivity index (χ0n) is 19.0. The first-order valence-electron chi connectivity index (χ1n) is 13.2. The average Bonchev–Trinajstić information content (AvgIpc) is 2.68. The molecule has 2 rings (SSSR count). The van der Waals surface area contributed by atoms with Gasteiger partial charge in [0, 0.05) is 0 Å². The highest BCUT2D eigenvalue weighted by molar-refractivity contribution is 6.40. The molecular formula is C26H50B. The van der Waals surface area contributed by atoms with Crippen LogP contribution in [0.2, 0.25) is 11.6 Å². The zero-order chi connectivity index (χ0) is 19.2. The molecule has 0 nitrogen and oxygen atoms in total. The zero-order valence-corrected chi connectivity index (χ0v) is 19.0. The first-order valence-corrected chi connectivity index (χ1v) is 13.2. The first-order chi connectivity index (χ1) is 13.3. The summed E-state index contributed by atoms with van der Waals surface area (Å²) in [5, 5.41) is 0. The predicted octanol–water partition coefficient (Wildman–Crippen LogP) is 9.37. The van der Waals surface area contributed by atoms with E-state index >= 15 is 0 Å². The Hall–Kier alpha value is 0.0649. The Labute approximate surface area is 173 Å². The predicted molar refractivity (Wildman–Crippen MR) is 124 cm³/mol. The molecule has 27 heavy (non-hydrogen) atoms. The molecule has 0 aromatic rings. The fraction of sp³-hybridized carbons (Fsp3) is 1.00. The van der Waals surface area contributed by atoms with E-state index in [1.165, 1.54) is 109 Å². The number of hydrogen-bond donors (Lipinski definition) is 0. The van der Waals surface area contributed by atoms with Gasteiger partial charge in [-0.2, -0.15) is 0 Å². The molecule has 157 valence electrons. The van der Waals surface area contributed by atoms with Crippen LogP contribution in [0.25, 0.3) is 0 Å². The van der Waals surface area contributed by atoms with Crippen LogP contribution >= 0.6 is 0 Å². The molecule has 2 heterocycles. The van der Waals surface area contributed by atoms with Crippen molar-refractivity contribution in [3.63, 3.8) is 0 Å². The summed E-state index contributed by atoms with van der Waals surface area (Å²) >= 11 is 0. The van der Waals surface area contributed by atoms with Gasteiger partial charge in [-0.25, -0.2) is 0 Å². The Morgan fingerprint density at radius 2 is 1.19 bits per heavy atom. The lowest BCUT2D eigenvalue weighted by atomic mass is 9.38. The van der Waals surface area contributed by atoms with Crippen LogP contribution in [0.3, 0.4) is 0 Å². The Morgan fingerprint density at radius 3 is 1.81 bits per heavy atom. The molecular weight excluding hydrogens is 323 g/mol. The van der Waals surface area contributed by atoms with Gasteiger partial charge in [-0.05, 0) is 11.8 Å². The highest BCUT2D eigenvalue weighted by Crippen LogP contribution is 2.51. The average molecular weight is 373 g/mol. The van der Waals surface area contributed by atoms with Crippen LogP contribution in [-0.4, -0.2) is 7.28 Å². The van der Waals surface area contributed by atoms with Gasteiger partial charge in [-0.15, -0.1) is 0 Å². The van der Waals surface area contributed by atoms with Crippen molar-refractivity contribution in [3.8, 4) is 0 Å². The van der Waals surface area contributed by atoms with Crippen LogP contribution in [0.15, 0.2) is 0 Å². The van der Waals surface area contributed by atoms with E-state index in [1.54, 1.807) is 19.3 Å². The second kappa shape index (κ2) is 15.0. The summed E-state index contributed by atoms with van der Waals surface area (Å²) < 4.78 is 0. The number of hydrogen-bond acceptors (Lipinski definition) is 0. The maximum absolute atomic E-state index is 2.82. The van der Waals surface area contributed by atoms with Gasteiger partial charge < -0.3 is 0 Å². The summed E-state index contributed by atoms with van der Waals surface area (Å²) in [5.74, 6) is 4.11. The molecule has 2 fully saturated rings. The minimum atomic E-state index is 0.989. The van der Waals surface area contributed by atoms with E-state index in [-0.39, 0.29) is 0 Å². The van der Waals surface area contributed by atoms with Gasteiger partial charge in [0.1, 0.15) is 7.28 Å². The third-order valence-corrected chi connectivity index (χ3v) is 7.71. The molecule has 1 radical (unpaired) electrons. The molecule has 2 aliphatic rings. The van der Waals surface area contributed by atoms with Gasteiger partial charge in [0.2, 0.25) is 0 Å². The van der Waals surface area contributed by atoms with Gasteiger partial charge in [-0.1, -0.05) is 154 Å². The lowest BCUT2D eigenvalue weighted by molar-refractivity contribution is 0.201. The smallest absolute Gasteiger partial charge is 0.0683 e. The van der Waals surface area contributed by atoms with E-state index in [9.17, 15) is 0 Å². The number of unbranched alkanes of at least 4 members (excludes halogenated alkanes) is 12. The Morgan fingerprint density at radius 1 is 0.630 bits per heavy atom. The Kier molecular flexibility index (Phi) is 13.0. The minimum absolute atomic E-state index is 0.989. The number of fused-ring (bicyclic) bond motifs is 2. The largest absolute Gasteiger partial charge is 0.118 e. The standard InChI is InChI=1S/C26H50B/c1-3-5-7-9-11-13-15-18-23-22-24-19-17-21-26(27-24)25(23)20-16-14-12-10-8-6-4-2/h23-26H,3-22H2,1-2H3/t23?,24?,25-,26?/m1/s1. The molecule has 1 heteroatoms. The third kappa shape index (κ3) is 9.40. The van der Waals surface area contributed by atoms with E-state index in [0.717, 1.165) is 23.5 Å². The molecule has 0 N–H and O–H groups in total. The molecule has 0 spiro atoms. The van der Waals surface area contributed by atoms with E-state index in [4.69, 9.17) is 0 Å². The molecule has 0 amide bonds. The van der Waals surface area contributed by atoms with Crippen molar-refractivity contribution in [1.29, 1.82) is 0 Å². The van der Waals surface area contributed by atoms with Crippen LogP contribution in [0.1, 0.15) is 142 Å². The van der Waals surface area contributed by atoms with Crippen molar-refractivity contribution in [2.45, 2.75) is 154 Å². The van der Waals surface area contributed by atoms with Crippen LogP contribution < -0.4 is 0 Å². The maximum Gasteiger partial charge on any atom is 0.118 e. The van der Waals surface area contributed by atoms with Crippen LogP contribution in [0, 0.1) is 11.8 Å². The van der Waals surface area contributed by atoms with Crippen molar-refractivity contribution in [1.82, 2.24) is 0 Å². The van der Waals surface area contributed by atoms with Crippen LogP contribution in [-0.2, 0) is 0 Å². The van der Waals surface area contributed by atoms with E-state index in [0.29, 0.717) is 0 Å². The summed E-state index contributed by atoms with van der Waals surface area (Å²) in [5.41, 5.74) is 0. The lowest BCUT2D eigenvalue weighted by Gasteiger charge is -2.45. The molecule has 0 aromatic heterocycles. The van der Waals surface area contributed by atoms with Gasteiger partial charge in [0.15, 0.2) is 0 Å². The highest BCUT2D eigenvalue weighted by atomic mass is 14.4. The van der Waals surface area contributed by atoms with Crippen molar-refractivity contribution in [3.05, 3.63) is 0 Å². The second-order valence-electron chi connectivity index (χ2n) is 10.0. The van der Waals surface area contributed by atoms with Gasteiger partial charge in [-0.3, -0.25) is 0 Å². The van der Waals surface area contributed by atoms with Crippen molar-refractivity contribution in [2.24, 2.45) is 11.8 Å². The molecule has 2 aliphatic heterocycles. The van der Waals surface area contributed by atoms with Crippen molar-refractivity contribution < 1.29 is 0 Å². The molecule has 2 bridgehead atoms. The van der Waals surface area contributed by atoms with E-state index in [2.05, 4.69) is 21.1 Å². The lowest BCUT2D eigenvalue weighted by Crippen LogP contribution is -2.35. The van der Waals surface area contributed by atoms with Gasteiger partial charge >= 0.3 is 0 Å². The summed E-state index contributed by atoms with van der Waals surface area (Å²) in [6.07, 6.45) is 29.8. The van der Waals surface area contributed by atoms with E-state index < -0.39 is 0 Å². The quantitative estimate of drug-likeness (QED) is 0.187. The van der Waals surface area contributed by atoms with Crippen LogP contribution in [0.5, 0.6) is 0 Å². The topological polar surface area (TPSA) is 0 Å². The van der Waals surface area contributed by atoms with Crippen molar-refractivity contribution >= 4 is 7.28 Å². The Bertz CT molecular complexity index is 339. The number of rotatable bonds is 16. The summed E-state index contributed by atoms with van der Waals surface area (Å²) in [7, 11) is 2.82. The van der Waals surface area contributed by atoms with E-state index in [1.807, 2.05) is 0 Å². The summed E-state index contributed by atoms with van der Waals surface area (Å²) in [6, 6.07) is 0. The monoisotopic (exact) mass is 373 g/mol. The molecule has 0 aromatic carbocycles. The third-order valence-electron chi connectivity index (χ3n) is 7.71. The SMILES string of the molecule is CCCCCCCCCC1CC2[B]C(CCC2)[C@@H]1CCCCCCCCC. The molecule has 0 aliphatic carbocycles. The highest BCUT2D eigenvalue weighted by Gasteiger charge is 2.39. The molecule has 0 saturated carbocycles. The minimum Gasteiger partial charge on any atom is -0.0683 e. The summed E-state index contributed by atoms with van der Waals surface area (Å²) in [4.78, 5) is 0. The first kappa shape index (κ1) is 23.3. The maximum atomic E-state index is 2.82. The fourth-order valence-corrected chi connectivity index (χ4v) is 6.11. The van der Waals surface area contributed by atoms with Gasteiger partial charge in [0.05, 0.1) is 0 Å². The second-order valence-corrected chi connectivity index (χ2v) is 10.0. The molecule has 4 atom stereocenters. The van der Waals surface area contributed by atoms with Crippen LogP contribution in [0.4, 0.5) is 0 Å². The Balaban J connectivity index is 1.65. The molecule has 2 saturated heterocycles. The summed E-state index contributed by atoms with van der Waals surface area (Å²) in [6.45, 7) is 4.64. The normalized spacial score (nSPS) is 27.5. The fourth-order valence-electron chi connectivity index (χ4n) is 6.11. The molecule has 3 unspecified atom stereocenters. The van der Waals surface area contributed by atoms with Crippen molar-refractivity contribution in [2.75, 3.05) is 0 Å². The van der Waals surface area contributed by atoms with Gasteiger partial charge in [0.25, 0.3) is 0 Å².